The van der Waals surface area contributed by atoms with Gasteiger partial charge in [-0.15, -0.1) is 0 Å². The van der Waals surface area contributed by atoms with Gasteiger partial charge in [-0.3, -0.25) is 0 Å². The molecule has 1 aliphatic rings. The van der Waals surface area contributed by atoms with E-state index >= 15 is 0 Å². The predicted molar refractivity (Wildman–Crippen MR) is 140 cm³/mol. The molecule has 1 unspecified atom stereocenters. The fraction of sp³-hybridized carbons (Fsp3) is 0.154. The molecule has 8 heteroatoms. The highest BCUT2D eigenvalue weighted by atomic mass is 79.9. The normalized spacial score (nSPS) is 16.2. The molecule has 4 aromatic rings. The summed E-state index contributed by atoms with van der Waals surface area (Å²) in [7, 11) is -3.93. The zero-order chi connectivity index (χ0) is 24.0. The molecule has 172 valence electrons. The Labute approximate surface area is 212 Å². The number of sulfonamides is 1. The quantitative estimate of drug-likeness (QED) is 0.260. The van der Waals surface area contributed by atoms with Crippen molar-refractivity contribution in [1.82, 2.24) is 9.40 Å². The minimum atomic E-state index is -3.93. The van der Waals surface area contributed by atoms with Gasteiger partial charge in [0.15, 0.2) is 0 Å². The maximum atomic E-state index is 13.7. The van der Waals surface area contributed by atoms with Crippen molar-refractivity contribution in [3.8, 4) is 0 Å². The lowest BCUT2D eigenvalue weighted by molar-refractivity contribution is 0.371. The number of halogens is 2. The van der Waals surface area contributed by atoms with Crippen LogP contribution in [0.2, 0.25) is 5.15 Å². The van der Waals surface area contributed by atoms with Crippen LogP contribution in [0.3, 0.4) is 0 Å². The number of hydrogen-bond donors (Lipinski definition) is 0. The summed E-state index contributed by atoms with van der Waals surface area (Å²) in [5.74, 6) is 0. The fourth-order valence-electron chi connectivity index (χ4n) is 4.15. The molecule has 3 aromatic carbocycles. The number of hydrogen-bond acceptors (Lipinski definition) is 4. The van der Waals surface area contributed by atoms with Gasteiger partial charge in [-0.2, -0.15) is 17.9 Å². The summed E-state index contributed by atoms with van der Waals surface area (Å²) < 4.78 is 29.6. The lowest BCUT2D eigenvalue weighted by atomic mass is 9.98. The molecule has 0 amide bonds. The van der Waals surface area contributed by atoms with E-state index in [0.717, 1.165) is 32.1 Å². The smallest absolute Gasteiger partial charge is 0.235 e. The summed E-state index contributed by atoms with van der Waals surface area (Å²) in [5.41, 5.74) is 4.95. The molecule has 0 saturated heterocycles. The van der Waals surface area contributed by atoms with Crippen LogP contribution in [0.5, 0.6) is 0 Å². The van der Waals surface area contributed by atoms with Crippen LogP contribution in [-0.4, -0.2) is 23.5 Å². The first kappa shape index (κ1) is 23.0. The van der Waals surface area contributed by atoms with Crippen molar-refractivity contribution >= 4 is 54.2 Å². The molecule has 5 rings (SSSR count). The van der Waals surface area contributed by atoms with E-state index in [2.05, 4.69) is 26.0 Å². The largest absolute Gasteiger partial charge is 0.279 e. The third kappa shape index (κ3) is 4.13. The molecule has 0 aliphatic carbocycles. The summed E-state index contributed by atoms with van der Waals surface area (Å²) in [6, 6.07) is 21.7. The first-order valence-electron chi connectivity index (χ1n) is 10.7. The summed E-state index contributed by atoms with van der Waals surface area (Å²) in [6.45, 7) is 3.89. The maximum absolute atomic E-state index is 13.7. The lowest BCUT2D eigenvalue weighted by Gasteiger charge is -2.24. The molecule has 0 radical (unpaired) electrons. The van der Waals surface area contributed by atoms with E-state index < -0.39 is 16.1 Å². The van der Waals surface area contributed by atoms with Crippen molar-refractivity contribution in [1.29, 1.82) is 0 Å². The van der Waals surface area contributed by atoms with Crippen LogP contribution in [0.25, 0.3) is 10.9 Å². The summed E-state index contributed by atoms with van der Waals surface area (Å²) in [5, 5.41) is 5.80. The van der Waals surface area contributed by atoms with Gasteiger partial charge in [0, 0.05) is 21.8 Å². The van der Waals surface area contributed by atoms with Gasteiger partial charge in [-0.05, 0) is 55.3 Å². The van der Waals surface area contributed by atoms with Gasteiger partial charge in [0.25, 0.3) is 10.0 Å². The maximum Gasteiger partial charge on any atom is 0.279 e. The number of benzene rings is 3. The van der Waals surface area contributed by atoms with Crippen LogP contribution < -0.4 is 0 Å². The van der Waals surface area contributed by atoms with E-state index in [9.17, 15) is 8.42 Å². The highest BCUT2D eigenvalue weighted by molar-refractivity contribution is 9.10. The van der Waals surface area contributed by atoms with Gasteiger partial charge in [-0.25, -0.2) is 4.98 Å². The van der Waals surface area contributed by atoms with E-state index in [-0.39, 0.29) is 10.0 Å². The summed E-state index contributed by atoms with van der Waals surface area (Å²) in [4.78, 5) is 4.80. The molecule has 0 saturated carbocycles. The average Bonchev–Trinajstić information content (AvgIpc) is 3.26. The number of hydrazone groups is 1. The van der Waals surface area contributed by atoms with E-state index in [1.165, 1.54) is 4.41 Å². The monoisotopic (exact) mass is 553 g/mol. The minimum Gasteiger partial charge on any atom is -0.235 e. The Kier molecular flexibility index (Phi) is 5.96. The standard InChI is InChI=1S/C26H21BrClN3O2S/c1-16-6-12-21(13-7-16)34(32,33)31-24(15-23(30-31)18-8-10-20(27)11-9-18)22-14-19-5-3-4-17(2)25(19)29-26(22)28/h3-14,24H,15H2,1-2H3. The molecule has 0 N–H and O–H groups in total. The second-order valence-corrected chi connectivity index (χ2v) is 11.4. The predicted octanol–water partition coefficient (Wildman–Crippen LogP) is 6.81. The molecule has 5 nitrogen and oxygen atoms in total. The summed E-state index contributed by atoms with van der Waals surface area (Å²) >= 11 is 10.1. The van der Waals surface area contributed by atoms with Crippen LogP contribution in [0.1, 0.15) is 34.7 Å². The summed E-state index contributed by atoms with van der Waals surface area (Å²) in [6.07, 6.45) is 0.380. The molecular formula is C26H21BrClN3O2S. The zero-order valence-electron chi connectivity index (χ0n) is 18.5. The molecule has 0 fully saturated rings. The van der Waals surface area contributed by atoms with Gasteiger partial charge in [-0.1, -0.05) is 75.6 Å². The SMILES string of the molecule is Cc1ccc(S(=O)(=O)N2N=C(c3ccc(Br)cc3)CC2c2cc3cccc(C)c3nc2Cl)cc1. The minimum absolute atomic E-state index is 0.185. The van der Waals surface area contributed by atoms with Gasteiger partial charge in [0.1, 0.15) is 5.15 Å². The Morgan fingerprint density at radius 3 is 2.41 bits per heavy atom. The number of nitrogens with zero attached hydrogens (tertiary/aromatic N) is 3. The third-order valence-corrected chi connectivity index (χ3v) is 8.53. The van der Waals surface area contributed by atoms with Crippen molar-refractivity contribution in [3.63, 3.8) is 0 Å². The Morgan fingerprint density at radius 1 is 1.00 bits per heavy atom. The number of rotatable bonds is 4. The van der Waals surface area contributed by atoms with Gasteiger partial charge in [0.05, 0.1) is 22.2 Å². The molecular weight excluding hydrogens is 534 g/mol. The zero-order valence-corrected chi connectivity index (χ0v) is 21.7. The van der Waals surface area contributed by atoms with Crippen molar-refractivity contribution in [2.45, 2.75) is 31.2 Å². The molecule has 0 bridgehead atoms. The van der Waals surface area contributed by atoms with Crippen LogP contribution >= 0.6 is 27.5 Å². The molecule has 2 heterocycles. The number of aryl methyl sites for hydroxylation is 2. The van der Waals surface area contributed by atoms with Crippen LogP contribution in [0.15, 0.2) is 87.3 Å². The number of pyridine rings is 1. The fourth-order valence-corrected chi connectivity index (χ4v) is 6.11. The highest BCUT2D eigenvalue weighted by Crippen LogP contribution is 2.40. The Morgan fingerprint density at radius 2 is 1.71 bits per heavy atom. The van der Waals surface area contributed by atoms with Gasteiger partial charge in [0.2, 0.25) is 0 Å². The average molecular weight is 555 g/mol. The number of para-hydroxylation sites is 1. The Balaban J connectivity index is 1.66. The van der Waals surface area contributed by atoms with Crippen LogP contribution in [-0.2, 0) is 10.0 Å². The Bertz CT molecular complexity index is 1540. The first-order chi connectivity index (χ1) is 16.2. The topological polar surface area (TPSA) is 62.6 Å². The second-order valence-electron chi connectivity index (χ2n) is 8.38. The van der Waals surface area contributed by atoms with E-state index in [4.69, 9.17) is 11.6 Å². The molecule has 1 atom stereocenters. The molecule has 1 aromatic heterocycles. The molecule has 0 spiro atoms. The van der Waals surface area contributed by atoms with Crippen molar-refractivity contribution < 1.29 is 8.42 Å². The Hall–Kier alpha value is -2.74. The first-order valence-corrected chi connectivity index (χ1v) is 13.4. The van der Waals surface area contributed by atoms with Crippen molar-refractivity contribution in [2.75, 3.05) is 0 Å². The van der Waals surface area contributed by atoms with Crippen LogP contribution in [0.4, 0.5) is 0 Å². The lowest BCUT2D eigenvalue weighted by Crippen LogP contribution is -2.27. The van der Waals surface area contributed by atoms with E-state index in [1.54, 1.807) is 24.3 Å². The highest BCUT2D eigenvalue weighted by Gasteiger charge is 2.39. The van der Waals surface area contributed by atoms with Crippen LogP contribution in [0, 0.1) is 13.8 Å². The second kappa shape index (κ2) is 8.80. The van der Waals surface area contributed by atoms with E-state index in [0.29, 0.717) is 17.7 Å². The van der Waals surface area contributed by atoms with Crippen molar-refractivity contribution in [2.24, 2.45) is 5.10 Å². The van der Waals surface area contributed by atoms with Crippen molar-refractivity contribution in [3.05, 3.63) is 105 Å². The molecule has 34 heavy (non-hydrogen) atoms. The van der Waals surface area contributed by atoms with Gasteiger partial charge < -0.3 is 0 Å². The van der Waals surface area contributed by atoms with Gasteiger partial charge >= 0.3 is 0 Å². The third-order valence-electron chi connectivity index (χ3n) is 6.00. The molecule has 1 aliphatic heterocycles. The van der Waals surface area contributed by atoms with E-state index in [1.807, 2.05) is 62.4 Å². The number of aromatic nitrogens is 1. The number of fused-ring (bicyclic) bond motifs is 1.